The van der Waals surface area contributed by atoms with Gasteiger partial charge in [-0.15, -0.1) is 4.72 Å². The first-order valence-electron chi connectivity index (χ1n) is 12.5. The number of nitrogens with one attached hydrogen (secondary N) is 1. The Bertz CT molecular complexity index is 1480. The lowest BCUT2D eigenvalue weighted by Gasteiger charge is -2.43. The highest BCUT2D eigenvalue weighted by atomic mass is 35.5. The average molecular weight is 572 g/mol. The Morgan fingerprint density at radius 3 is 2.74 bits per heavy atom. The van der Waals surface area contributed by atoms with Crippen LogP contribution in [0.3, 0.4) is 0 Å². The second-order valence-electron chi connectivity index (χ2n) is 10.9. The second kappa shape index (κ2) is 9.60. The Balaban J connectivity index is 1.24. The van der Waals surface area contributed by atoms with E-state index < -0.39 is 11.4 Å². The first-order valence-corrected chi connectivity index (χ1v) is 14.8. The summed E-state index contributed by atoms with van der Waals surface area (Å²) in [5.41, 5.74) is 7.89. The van der Waals surface area contributed by atoms with Crippen LogP contribution in [0.15, 0.2) is 53.2 Å². The van der Waals surface area contributed by atoms with Crippen LogP contribution >= 0.6 is 23.4 Å². The molecule has 1 fully saturated rings. The van der Waals surface area contributed by atoms with E-state index in [4.69, 9.17) is 22.3 Å². The SMILES string of the molecule is CC(C)(C)[S+]([O-])N[C@@H]1c2ccnn2CC12CCN(c1ncc(Sc3ccnc(N)c3Cl)n3cncc13)CC2. The maximum Gasteiger partial charge on any atom is 0.154 e. The molecule has 13 heteroatoms. The van der Waals surface area contributed by atoms with E-state index in [1.807, 2.05) is 49.8 Å². The molecule has 6 heterocycles. The average Bonchev–Trinajstić information content (AvgIpc) is 3.60. The Morgan fingerprint density at radius 2 is 1.97 bits per heavy atom. The molecule has 0 radical (unpaired) electrons. The molecule has 0 aliphatic carbocycles. The summed E-state index contributed by atoms with van der Waals surface area (Å²) >= 11 is 6.68. The number of nitrogens with two attached hydrogens (primary N) is 1. The molecule has 1 saturated heterocycles. The molecule has 3 N–H and O–H groups in total. The van der Waals surface area contributed by atoms with Crippen molar-refractivity contribution >= 4 is 51.9 Å². The van der Waals surface area contributed by atoms with Crippen molar-refractivity contribution in [3.63, 3.8) is 0 Å². The van der Waals surface area contributed by atoms with Gasteiger partial charge in [-0.3, -0.25) is 9.08 Å². The van der Waals surface area contributed by atoms with Gasteiger partial charge in [0, 0.05) is 53.7 Å². The van der Waals surface area contributed by atoms with Crippen molar-refractivity contribution in [3.05, 3.63) is 54.0 Å². The van der Waals surface area contributed by atoms with Crippen LogP contribution in [0.25, 0.3) is 5.52 Å². The summed E-state index contributed by atoms with van der Waals surface area (Å²) in [6.45, 7) is 8.48. The number of fused-ring (bicyclic) bond motifs is 2. The molecule has 0 aromatic carbocycles. The summed E-state index contributed by atoms with van der Waals surface area (Å²) < 4.78 is 20.3. The molecular weight excluding hydrogens is 542 g/mol. The molecule has 10 nitrogen and oxygen atoms in total. The summed E-state index contributed by atoms with van der Waals surface area (Å²) in [4.78, 5) is 16.5. The molecule has 2 aliphatic rings. The molecule has 2 aliphatic heterocycles. The van der Waals surface area contributed by atoms with Gasteiger partial charge in [0.05, 0.1) is 23.1 Å². The fourth-order valence-corrected chi connectivity index (χ4v) is 7.40. The highest BCUT2D eigenvalue weighted by Crippen LogP contribution is 2.50. The number of halogens is 1. The zero-order valence-corrected chi connectivity index (χ0v) is 23.9. The molecule has 2 atom stereocenters. The number of hydrogen-bond donors (Lipinski definition) is 2. The highest BCUT2D eigenvalue weighted by Gasteiger charge is 2.51. The van der Waals surface area contributed by atoms with Gasteiger partial charge < -0.3 is 15.2 Å². The van der Waals surface area contributed by atoms with E-state index in [1.165, 1.54) is 11.8 Å². The molecule has 4 aromatic rings. The summed E-state index contributed by atoms with van der Waals surface area (Å²) in [6, 6.07) is 3.88. The van der Waals surface area contributed by atoms with Crippen LogP contribution in [0.5, 0.6) is 0 Å². The summed E-state index contributed by atoms with van der Waals surface area (Å²) in [5.74, 6) is 1.21. The Kier molecular flexibility index (Phi) is 6.50. The van der Waals surface area contributed by atoms with Crippen LogP contribution < -0.4 is 15.4 Å². The van der Waals surface area contributed by atoms with Crippen LogP contribution in [-0.2, 0) is 17.9 Å². The smallest absolute Gasteiger partial charge is 0.154 e. The normalized spacial score (nSPS) is 19.8. The molecule has 1 unspecified atom stereocenters. The molecule has 38 heavy (non-hydrogen) atoms. The lowest BCUT2D eigenvalue weighted by molar-refractivity contribution is 0.160. The minimum Gasteiger partial charge on any atom is -0.598 e. The van der Waals surface area contributed by atoms with Crippen molar-refractivity contribution in [1.82, 2.24) is 33.9 Å². The molecule has 6 rings (SSSR count). The summed E-state index contributed by atoms with van der Waals surface area (Å²) in [7, 11) is 0. The minimum atomic E-state index is -1.18. The first-order chi connectivity index (χ1) is 18.2. The van der Waals surface area contributed by atoms with Gasteiger partial charge in [-0.25, -0.2) is 15.0 Å². The van der Waals surface area contributed by atoms with E-state index in [1.54, 1.807) is 12.5 Å². The maximum absolute atomic E-state index is 13.1. The molecule has 1 spiro atoms. The fraction of sp³-hybridized carbons (Fsp3) is 0.440. The van der Waals surface area contributed by atoms with Crippen molar-refractivity contribution < 1.29 is 4.55 Å². The number of anilines is 2. The fourth-order valence-electron chi connectivity index (χ4n) is 5.34. The minimum absolute atomic E-state index is 0.00789. The van der Waals surface area contributed by atoms with Gasteiger partial charge in [0.1, 0.15) is 33.5 Å². The van der Waals surface area contributed by atoms with Crippen LogP contribution in [0, 0.1) is 5.41 Å². The van der Waals surface area contributed by atoms with Crippen molar-refractivity contribution in [1.29, 1.82) is 0 Å². The molecular formula is C25H30ClN9OS2. The zero-order valence-electron chi connectivity index (χ0n) is 21.5. The van der Waals surface area contributed by atoms with Crippen molar-refractivity contribution in [3.8, 4) is 0 Å². The predicted molar refractivity (Wildman–Crippen MR) is 151 cm³/mol. The summed E-state index contributed by atoms with van der Waals surface area (Å²) in [6.07, 6.45) is 10.8. The number of rotatable bonds is 5. The lowest BCUT2D eigenvalue weighted by Crippen LogP contribution is -2.50. The third-order valence-electron chi connectivity index (χ3n) is 7.46. The lowest BCUT2D eigenvalue weighted by atomic mass is 9.73. The van der Waals surface area contributed by atoms with E-state index >= 15 is 0 Å². The monoisotopic (exact) mass is 571 g/mol. The van der Waals surface area contributed by atoms with E-state index in [2.05, 4.69) is 35.4 Å². The standard InChI is InChI=1S/C25H30ClN9OS2/c1-24(2,3)38(36)32-21-16-4-9-31-35(16)14-25(21)6-10-33(11-7-25)23-17-12-28-15-34(17)19(13-30-23)37-18-5-8-29-22(27)20(18)26/h4-5,8-9,12-13,15,21,32H,6-7,10-11,14H2,1-3H3,(H2,27,29)/t21-,38?/m1/s1. The van der Waals surface area contributed by atoms with E-state index in [9.17, 15) is 4.55 Å². The van der Waals surface area contributed by atoms with Gasteiger partial charge in [0.25, 0.3) is 0 Å². The highest BCUT2D eigenvalue weighted by molar-refractivity contribution is 7.99. The van der Waals surface area contributed by atoms with Gasteiger partial charge in [-0.1, -0.05) is 23.4 Å². The van der Waals surface area contributed by atoms with Gasteiger partial charge in [0.15, 0.2) is 5.82 Å². The number of imidazole rings is 1. The van der Waals surface area contributed by atoms with Gasteiger partial charge in [-0.2, -0.15) is 5.10 Å². The van der Waals surface area contributed by atoms with Gasteiger partial charge in [0.2, 0.25) is 0 Å². The number of nitrogen functional groups attached to an aromatic ring is 1. The van der Waals surface area contributed by atoms with E-state index in [-0.39, 0.29) is 16.2 Å². The zero-order chi connectivity index (χ0) is 26.7. The number of nitrogens with zero attached hydrogens (tertiary/aromatic N) is 7. The topological polar surface area (TPSA) is 125 Å². The maximum atomic E-state index is 13.1. The van der Waals surface area contributed by atoms with Gasteiger partial charge in [-0.05, 0) is 45.7 Å². The Labute approximate surface area is 233 Å². The van der Waals surface area contributed by atoms with Crippen molar-refractivity contribution in [2.75, 3.05) is 23.7 Å². The largest absolute Gasteiger partial charge is 0.598 e. The van der Waals surface area contributed by atoms with Crippen molar-refractivity contribution in [2.24, 2.45) is 5.41 Å². The van der Waals surface area contributed by atoms with Gasteiger partial charge >= 0.3 is 0 Å². The Morgan fingerprint density at radius 1 is 1.18 bits per heavy atom. The molecule has 0 bridgehead atoms. The molecule has 0 amide bonds. The van der Waals surface area contributed by atoms with Crippen LogP contribution in [-0.4, -0.2) is 51.5 Å². The number of aromatic nitrogens is 6. The van der Waals surface area contributed by atoms with E-state index in [0.717, 1.165) is 59.4 Å². The number of hydrogen-bond acceptors (Lipinski definition) is 9. The predicted octanol–water partition coefficient (Wildman–Crippen LogP) is 4.10. The van der Waals surface area contributed by atoms with Crippen molar-refractivity contribution in [2.45, 2.75) is 60.9 Å². The van der Waals surface area contributed by atoms with Crippen LogP contribution in [0.2, 0.25) is 5.02 Å². The Hall–Kier alpha value is -2.51. The van der Waals surface area contributed by atoms with Crippen LogP contribution in [0.1, 0.15) is 45.3 Å². The van der Waals surface area contributed by atoms with Crippen LogP contribution in [0.4, 0.5) is 11.6 Å². The second-order valence-corrected chi connectivity index (χ2v) is 14.3. The third kappa shape index (κ3) is 4.41. The third-order valence-corrected chi connectivity index (χ3v) is 10.6. The number of piperidine rings is 1. The first kappa shape index (κ1) is 25.8. The summed E-state index contributed by atoms with van der Waals surface area (Å²) in [5, 5.41) is 5.87. The molecule has 4 aromatic heterocycles. The molecule has 200 valence electrons. The number of pyridine rings is 1. The molecule has 0 saturated carbocycles. The van der Waals surface area contributed by atoms with E-state index in [0.29, 0.717) is 10.8 Å². The quantitative estimate of drug-likeness (QED) is 0.340.